The van der Waals surface area contributed by atoms with E-state index < -0.39 is 46.7 Å². The molecule has 0 radical (unpaired) electrons. The number of rotatable bonds is 19. The van der Waals surface area contributed by atoms with Crippen molar-refractivity contribution >= 4 is 29.8 Å². The number of nitrogens with zero attached hydrogens (tertiary/aromatic N) is 1. The number of fused-ring (bicyclic) bond motifs is 5. The van der Waals surface area contributed by atoms with Crippen LogP contribution in [0.4, 0.5) is 4.79 Å². The van der Waals surface area contributed by atoms with Crippen molar-refractivity contribution in [1.29, 1.82) is 0 Å². The molecule has 3 N–H and O–H groups in total. The minimum Gasteiger partial charge on any atom is -0.480 e. The number of likely N-dealkylation sites (tertiary alicyclic amines) is 1. The van der Waals surface area contributed by atoms with Gasteiger partial charge in [-0.3, -0.25) is 19.3 Å². The highest BCUT2D eigenvalue weighted by Crippen LogP contribution is 2.56. The number of carbonyl (C=O) groups is 5. The quantitative estimate of drug-likeness (QED) is 0.105. The van der Waals surface area contributed by atoms with E-state index in [1.54, 1.807) is 20.8 Å². The van der Waals surface area contributed by atoms with Gasteiger partial charge in [-0.05, 0) is 66.7 Å². The van der Waals surface area contributed by atoms with Crippen LogP contribution < -0.4 is 10.6 Å². The molecule has 0 saturated carbocycles. The van der Waals surface area contributed by atoms with Gasteiger partial charge in [0.2, 0.25) is 17.7 Å². The monoisotopic (exact) mass is 619 g/mol. The first-order valence-electron chi connectivity index (χ1n) is 16.4. The van der Waals surface area contributed by atoms with Crippen LogP contribution in [0.25, 0.3) is 0 Å². The first-order chi connectivity index (χ1) is 20.7. The third-order valence-corrected chi connectivity index (χ3v) is 8.83. The summed E-state index contributed by atoms with van der Waals surface area (Å²) in [6.07, 6.45) is 14.3. The van der Waals surface area contributed by atoms with Gasteiger partial charge in [0.25, 0.3) is 0 Å². The highest BCUT2D eigenvalue weighted by Gasteiger charge is 2.70. The molecule has 3 aliphatic heterocycles. The molecule has 44 heavy (non-hydrogen) atoms. The standard InChI is InChI=1S/C33H53N3O8/c1-31(2,3)43-30(42)35-23(29(40)41)17-14-15-21-34-24(37)18-13-11-9-7-6-8-10-12-16-22-36-27(38)25-26(28(36)39)33(5)20-19-32(25,4)44-33/h19-20,23,25-26H,6-18,21-22H2,1-5H3,(H,34,37)(H,35,42)(H,40,41)/t23-,25?,26?,32?,33?/m0/s1. The summed E-state index contributed by atoms with van der Waals surface area (Å²) >= 11 is 0. The Balaban J connectivity index is 1.13. The Hall–Kier alpha value is -2.95. The lowest BCUT2D eigenvalue weighted by molar-refractivity contribution is -0.146. The van der Waals surface area contributed by atoms with Gasteiger partial charge in [0, 0.05) is 19.5 Å². The Morgan fingerprint density at radius 3 is 1.93 bits per heavy atom. The maximum absolute atomic E-state index is 13.0. The summed E-state index contributed by atoms with van der Waals surface area (Å²) < 4.78 is 11.2. The Kier molecular flexibility index (Phi) is 12.4. The van der Waals surface area contributed by atoms with Crippen molar-refractivity contribution in [2.45, 2.75) is 141 Å². The fraction of sp³-hybridized carbons (Fsp3) is 0.788. The Morgan fingerprint density at radius 2 is 1.41 bits per heavy atom. The zero-order valence-electron chi connectivity index (χ0n) is 27.2. The first-order valence-corrected chi connectivity index (χ1v) is 16.4. The van der Waals surface area contributed by atoms with Crippen LogP contribution in [0.2, 0.25) is 0 Å². The van der Waals surface area contributed by atoms with E-state index in [4.69, 9.17) is 9.47 Å². The van der Waals surface area contributed by atoms with Crippen molar-refractivity contribution in [3.63, 3.8) is 0 Å². The normalized spacial score (nSPS) is 26.2. The summed E-state index contributed by atoms with van der Waals surface area (Å²) in [6, 6.07) is -1.02. The number of aliphatic carboxylic acids is 1. The number of nitrogens with one attached hydrogen (secondary N) is 2. The maximum Gasteiger partial charge on any atom is 0.408 e. The molecular weight excluding hydrogens is 566 g/mol. The van der Waals surface area contributed by atoms with Gasteiger partial charge in [0.05, 0.1) is 23.0 Å². The van der Waals surface area contributed by atoms with E-state index in [-0.39, 0.29) is 24.1 Å². The molecule has 5 atom stereocenters. The van der Waals surface area contributed by atoms with E-state index >= 15 is 0 Å². The molecule has 3 heterocycles. The summed E-state index contributed by atoms with van der Waals surface area (Å²) in [5, 5.41) is 14.6. The van der Waals surface area contributed by atoms with E-state index in [1.165, 1.54) is 4.90 Å². The van der Waals surface area contributed by atoms with Gasteiger partial charge in [-0.2, -0.15) is 0 Å². The molecule has 4 amide bonds. The van der Waals surface area contributed by atoms with Crippen LogP contribution in [0.5, 0.6) is 0 Å². The van der Waals surface area contributed by atoms with Crippen molar-refractivity contribution in [2.75, 3.05) is 13.1 Å². The number of ether oxygens (including phenoxy) is 2. The van der Waals surface area contributed by atoms with Gasteiger partial charge in [0.1, 0.15) is 11.6 Å². The Bertz CT molecular complexity index is 1050. The number of hydrogen-bond acceptors (Lipinski definition) is 7. The summed E-state index contributed by atoms with van der Waals surface area (Å²) in [5.41, 5.74) is -2.03. The fourth-order valence-electron chi connectivity index (χ4n) is 6.60. The van der Waals surface area contributed by atoms with Crippen LogP contribution in [0.15, 0.2) is 12.2 Å². The topological polar surface area (TPSA) is 151 Å². The van der Waals surface area contributed by atoms with Gasteiger partial charge in [-0.25, -0.2) is 9.59 Å². The number of amides is 4. The Morgan fingerprint density at radius 1 is 0.886 bits per heavy atom. The van der Waals surface area contributed by atoms with Crippen LogP contribution in [-0.4, -0.2) is 75.7 Å². The molecule has 2 fully saturated rings. The second-order valence-corrected chi connectivity index (χ2v) is 13.9. The number of carboxylic acid groups (broad SMARTS) is 1. The lowest BCUT2D eigenvalue weighted by Crippen LogP contribution is -2.43. The van der Waals surface area contributed by atoms with Gasteiger partial charge in [-0.1, -0.05) is 57.1 Å². The number of alkyl carbamates (subject to hydrolysis) is 1. The molecule has 4 unspecified atom stereocenters. The number of imide groups is 1. The third-order valence-electron chi connectivity index (χ3n) is 8.83. The minimum atomic E-state index is -1.11. The number of unbranched alkanes of at least 4 members (excludes halogenated alkanes) is 9. The first kappa shape index (κ1) is 35.5. The fourth-order valence-corrected chi connectivity index (χ4v) is 6.60. The van der Waals surface area contributed by atoms with Gasteiger partial charge < -0.3 is 25.2 Å². The Labute approximate surface area is 261 Å². The molecular formula is C33H53N3O8. The lowest BCUT2D eigenvalue weighted by Gasteiger charge is -2.25. The number of hydrogen-bond donors (Lipinski definition) is 3. The lowest BCUT2D eigenvalue weighted by atomic mass is 9.73. The van der Waals surface area contributed by atoms with Gasteiger partial charge in [-0.15, -0.1) is 0 Å². The van der Waals surface area contributed by atoms with Crippen LogP contribution in [0.3, 0.4) is 0 Å². The van der Waals surface area contributed by atoms with E-state index in [0.29, 0.717) is 32.4 Å². The van der Waals surface area contributed by atoms with E-state index in [2.05, 4.69) is 10.6 Å². The second kappa shape index (κ2) is 15.4. The second-order valence-electron chi connectivity index (χ2n) is 13.9. The zero-order valence-corrected chi connectivity index (χ0v) is 27.2. The van der Waals surface area contributed by atoms with Gasteiger partial charge >= 0.3 is 12.1 Å². The molecule has 248 valence electrons. The van der Waals surface area contributed by atoms with Crippen molar-refractivity contribution in [2.24, 2.45) is 11.8 Å². The number of carboxylic acids is 1. The molecule has 0 aliphatic carbocycles. The van der Waals surface area contributed by atoms with Crippen LogP contribution in [0.1, 0.15) is 118 Å². The molecule has 0 aromatic rings. The summed E-state index contributed by atoms with van der Waals surface area (Å²) in [6.45, 7) is 9.92. The molecule has 11 nitrogen and oxygen atoms in total. The van der Waals surface area contributed by atoms with Crippen LogP contribution in [0, 0.1) is 11.8 Å². The summed E-state index contributed by atoms with van der Waals surface area (Å²) in [4.78, 5) is 62.8. The zero-order chi connectivity index (χ0) is 32.5. The summed E-state index contributed by atoms with van der Waals surface area (Å²) in [7, 11) is 0. The molecule has 3 aliphatic rings. The molecule has 11 heteroatoms. The number of carbonyl (C=O) groups excluding carboxylic acids is 4. The van der Waals surface area contributed by atoms with Crippen molar-refractivity contribution < 1.29 is 38.6 Å². The third kappa shape index (κ3) is 9.52. The minimum absolute atomic E-state index is 0.00455. The molecule has 3 rings (SSSR count). The SMILES string of the molecule is CC(C)(C)OC(=O)N[C@@H](CCCCNC(=O)CCCCCCCCCCCN1C(=O)C2C(C1=O)C1(C)C=CC2(C)O1)C(=O)O. The van der Waals surface area contributed by atoms with Gasteiger partial charge in [0.15, 0.2) is 0 Å². The predicted octanol–water partition coefficient (Wildman–Crippen LogP) is 4.87. The van der Waals surface area contributed by atoms with Crippen molar-refractivity contribution in [3.8, 4) is 0 Å². The molecule has 2 bridgehead atoms. The molecule has 0 aromatic heterocycles. The van der Waals surface area contributed by atoms with Crippen LogP contribution >= 0.6 is 0 Å². The van der Waals surface area contributed by atoms with E-state index in [9.17, 15) is 29.1 Å². The van der Waals surface area contributed by atoms with Crippen molar-refractivity contribution in [1.82, 2.24) is 15.5 Å². The smallest absolute Gasteiger partial charge is 0.408 e. The summed E-state index contributed by atoms with van der Waals surface area (Å²) in [5.74, 6) is -2.05. The molecule has 2 saturated heterocycles. The average molecular weight is 620 g/mol. The maximum atomic E-state index is 13.0. The molecule has 0 aromatic carbocycles. The van der Waals surface area contributed by atoms with Crippen molar-refractivity contribution in [3.05, 3.63) is 12.2 Å². The highest BCUT2D eigenvalue weighted by molar-refractivity contribution is 6.07. The highest BCUT2D eigenvalue weighted by atomic mass is 16.6. The van der Waals surface area contributed by atoms with E-state index in [0.717, 1.165) is 57.8 Å². The predicted molar refractivity (Wildman–Crippen MR) is 165 cm³/mol. The van der Waals surface area contributed by atoms with Crippen LogP contribution in [-0.2, 0) is 28.7 Å². The molecule has 0 spiro atoms. The average Bonchev–Trinajstić information content (AvgIpc) is 3.47. The van der Waals surface area contributed by atoms with E-state index in [1.807, 2.05) is 26.0 Å². The largest absolute Gasteiger partial charge is 0.480 e.